The molecule has 4 aliphatic heterocycles. The molecule has 0 bridgehead atoms. The number of hydrogen-bond acceptors (Lipinski definition) is 9. The summed E-state index contributed by atoms with van der Waals surface area (Å²) in [6.45, 7) is 3.72. The first-order chi connectivity index (χ1) is 20.2. The van der Waals surface area contributed by atoms with Gasteiger partial charge in [-0.05, 0) is 18.2 Å². The minimum Gasteiger partial charge on any atom is -0.507 e. The second-order valence-corrected chi connectivity index (χ2v) is 12.5. The number of carbonyl (C=O) groups is 3. The highest BCUT2D eigenvalue weighted by Crippen LogP contribution is 2.53. The van der Waals surface area contributed by atoms with Crippen LogP contribution in [0, 0.1) is 0 Å². The number of sulfonamides is 1. The molecule has 2 aromatic carbocycles. The zero-order valence-corrected chi connectivity index (χ0v) is 24.0. The molecule has 13 heteroatoms. The van der Waals surface area contributed by atoms with Crippen LogP contribution in [0.2, 0.25) is 0 Å². The second-order valence-electron chi connectivity index (χ2n) is 10.6. The summed E-state index contributed by atoms with van der Waals surface area (Å²) in [6, 6.07) is 12.5. The summed E-state index contributed by atoms with van der Waals surface area (Å²) in [7, 11) is -2.36. The Labute approximate surface area is 243 Å². The zero-order valence-electron chi connectivity index (χ0n) is 23.2. The van der Waals surface area contributed by atoms with E-state index in [2.05, 4.69) is 4.90 Å². The normalized spacial score (nSPS) is 25.0. The summed E-state index contributed by atoms with van der Waals surface area (Å²) >= 11 is 0. The fourth-order valence-corrected chi connectivity index (χ4v) is 7.68. The first-order valence-electron chi connectivity index (χ1n) is 13.8. The lowest BCUT2D eigenvalue weighted by atomic mass is 9.82. The molecule has 42 heavy (non-hydrogen) atoms. The van der Waals surface area contributed by atoms with Gasteiger partial charge < -0.3 is 24.4 Å². The van der Waals surface area contributed by atoms with Gasteiger partial charge in [-0.1, -0.05) is 30.3 Å². The number of amides is 2. The van der Waals surface area contributed by atoms with Crippen molar-refractivity contribution in [3.63, 3.8) is 0 Å². The SMILES string of the molecule is CN1C(=O)C2(/C(=C(\O)c3cccc(S(=O)(=O)N4CCOCC4)c3)C(=O)C(=O)N2CCN2CCOCC2)c2ccccc21. The highest BCUT2D eigenvalue weighted by Gasteiger charge is 2.66. The van der Waals surface area contributed by atoms with Crippen molar-refractivity contribution in [2.45, 2.75) is 10.4 Å². The first kappa shape index (κ1) is 28.5. The van der Waals surface area contributed by atoms with Gasteiger partial charge in [0.1, 0.15) is 5.76 Å². The van der Waals surface area contributed by atoms with Crippen LogP contribution in [0.1, 0.15) is 11.1 Å². The fourth-order valence-electron chi connectivity index (χ4n) is 6.22. The van der Waals surface area contributed by atoms with E-state index in [9.17, 15) is 27.9 Å². The Balaban J connectivity index is 1.49. The van der Waals surface area contributed by atoms with Crippen molar-refractivity contribution in [2.75, 3.05) is 77.6 Å². The van der Waals surface area contributed by atoms with Crippen LogP contribution in [-0.4, -0.2) is 118 Å². The van der Waals surface area contributed by atoms with E-state index in [0.29, 0.717) is 44.1 Å². The third-order valence-corrected chi connectivity index (χ3v) is 10.3. The van der Waals surface area contributed by atoms with Gasteiger partial charge in [-0.25, -0.2) is 8.42 Å². The van der Waals surface area contributed by atoms with Crippen molar-refractivity contribution in [1.29, 1.82) is 0 Å². The third kappa shape index (κ3) is 4.34. The van der Waals surface area contributed by atoms with Gasteiger partial charge in [0.25, 0.3) is 17.6 Å². The molecule has 0 radical (unpaired) electrons. The number of likely N-dealkylation sites (tertiary alicyclic amines) is 1. The van der Waals surface area contributed by atoms with Gasteiger partial charge in [-0.2, -0.15) is 4.31 Å². The second kappa shape index (κ2) is 10.9. The summed E-state index contributed by atoms with van der Waals surface area (Å²) in [5, 5.41) is 11.8. The largest absolute Gasteiger partial charge is 0.507 e. The Morgan fingerprint density at radius 1 is 0.905 bits per heavy atom. The lowest BCUT2D eigenvalue weighted by molar-refractivity contribution is -0.144. The molecule has 0 aliphatic carbocycles. The number of nitrogens with zero attached hydrogens (tertiary/aromatic N) is 4. The molecule has 12 nitrogen and oxygen atoms in total. The number of ketones is 1. The van der Waals surface area contributed by atoms with E-state index in [1.165, 1.54) is 38.4 Å². The summed E-state index contributed by atoms with van der Waals surface area (Å²) in [6.07, 6.45) is 0. The van der Waals surface area contributed by atoms with Gasteiger partial charge in [-0.3, -0.25) is 19.3 Å². The van der Waals surface area contributed by atoms with Crippen molar-refractivity contribution in [3.8, 4) is 0 Å². The maximum absolute atomic E-state index is 14.2. The van der Waals surface area contributed by atoms with E-state index in [0.717, 1.165) is 0 Å². The maximum Gasteiger partial charge on any atom is 0.296 e. The number of rotatable bonds is 6. The fraction of sp³-hybridized carbons (Fsp3) is 0.414. The molecule has 2 amide bonds. The molecular weight excluding hydrogens is 564 g/mol. The Morgan fingerprint density at radius 2 is 1.57 bits per heavy atom. The minimum absolute atomic E-state index is 0.00900. The van der Waals surface area contributed by atoms with Crippen LogP contribution in [-0.2, 0) is 39.4 Å². The van der Waals surface area contributed by atoms with E-state index in [1.54, 1.807) is 31.3 Å². The van der Waals surface area contributed by atoms with Gasteiger partial charge in [0, 0.05) is 63.1 Å². The van der Waals surface area contributed by atoms with Crippen LogP contribution >= 0.6 is 0 Å². The van der Waals surface area contributed by atoms with Gasteiger partial charge in [0.2, 0.25) is 10.0 Å². The minimum atomic E-state index is -3.93. The summed E-state index contributed by atoms with van der Waals surface area (Å²) in [5.74, 6) is -3.07. The van der Waals surface area contributed by atoms with Crippen molar-refractivity contribution in [1.82, 2.24) is 14.1 Å². The predicted molar refractivity (Wildman–Crippen MR) is 151 cm³/mol. The lowest BCUT2D eigenvalue weighted by Gasteiger charge is -2.36. The summed E-state index contributed by atoms with van der Waals surface area (Å²) in [5.41, 5.74) is -1.37. The summed E-state index contributed by atoms with van der Waals surface area (Å²) < 4.78 is 38.7. The van der Waals surface area contributed by atoms with Crippen LogP contribution in [0.5, 0.6) is 0 Å². The van der Waals surface area contributed by atoms with Crippen molar-refractivity contribution < 1.29 is 37.4 Å². The molecule has 4 heterocycles. The van der Waals surface area contributed by atoms with E-state index in [4.69, 9.17) is 9.47 Å². The maximum atomic E-state index is 14.2. The molecule has 222 valence electrons. The van der Waals surface area contributed by atoms with Crippen LogP contribution in [0.3, 0.4) is 0 Å². The number of aliphatic hydroxyl groups excluding tert-OH is 1. The smallest absolute Gasteiger partial charge is 0.296 e. The van der Waals surface area contributed by atoms with Gasteiger partial charge in [-0.15, -0.1) is 0 Å². The van der Waals surface area contributed by atoms with Gasteiger partial charge in [0.05, 0.1) is 36.9 Å². The van der Waals surface area contributed by atoms with E-state index in [1.807, 2.05) is 0 Å². The molecule has 0 aromatic heterocycles. The number of anilines is 1. The zero-order chi connectivity index (χ0) is 29.6. The number of para-hydroxylation sites is 1. The molecule has 3 fully saturated rings. The third-order valence-electron chi connectivity index (χ3n) is 8.40. The molecule has 1 atom stereocenters. The Morgan fingerprint density at radius 3 is 2.29 bits per heavy atom. The average Bonchev–Trinajstić information content (AvgIpc) is 3.38. The molecule has 2 aromatic rings. The number of morpholine rings is 2. The highest BCUT2D eigenvalue weighted by atomic mass is 32.2. The van der Waals surface area contributed by atoms with Crippen molar-refractivity contribution >= 4 is 39.1 Å². The number of aliphatic hydroxyl groups is 1. The monoisotopic (exact) mass is 596 g/mol. The first-order valence-corrected chi connectivity index (χ1v) is 15.3. The number of ether oxygens (including phenoxy) is 2. The number of fused-ring (bicyclic) bond motifs is 2. The molecular formula is C29H32N4O8S. The molecule has 6 rings (SSSR count). The van der Waals surface area contributed by atoms with Crippen LogP contribution in [0.4, 0.5) is 5.69 Å². The number of Topliss-reactive ketones (excluding diaryl/α,β-unsaturated/α-hetero) is 1. The number of likely N-dealkylation sites (N-methyl/N-ethyl adjacent to an activating group) is 1. The van der Waals surface area contributed by atoms with E-state index >= 15 is 0 Å². The standard InChI is InChI=1S/C29H32N4O8S/c1-30-23-8-3-2-7-22(23)29(28(30)37)24(26(35)27(36)33(29)10-9-31-11-15-40-16-12-31)25(34)20-5-4-6-21(19-20)42(38,39)32-13-17-41-18-14-32/h2-8,19,34H,9-18H2,1H3/b25-24-. The molecule has 0 saturated carbocycles. The molecule has 1 N–H and O–H groups in total. The van der Waals surface area contributed by atoms with Gasteiger partial charge >= 0.3 is 0 Å². The predicted octanol–water partition coefficient (Wildman–Crippen LogP) is 0.592. The van der Waals surface area contributed by atoms with E-state index < -0.39 is 38.9 Å². The van der Waals surface area contributed by atoms with Crippen molar-refractivity contribution in [2.24, 2.45) is 0 Å². The van der Waals surface area contributed by atoms with Crippen LogP contribution < -0.4 is 4.90 Å². The molecule has 1 unspecified atom stereocenters. The Hall–Kier alpha value is -3.62. The van der Waals surface area contributed by atoms with Crippen molar-refractivity contribution in [3.05, 3.63) is 65.2 Å². The molecule has 1 spiro atoms. The average molecular weight is 597 g/mol. The van der Waals surface area contributed by atoms with Gasteiger partial charge in [0.15, 0.2) is 5.54 Å². The number of carbonyl (C=O) groups excluding carboxylic acids is 3. The molecule has 4 aliphatic rings. The van der Waals surface area contributed by atoms with E-state index in [-0.39, 0.29) is 48.9 Å². The Bertz CT molecular complexity index is 1580. The lowest BCUT2D eigenvalue weighted by Crippen LogP contribution is -2.53. The molecule has 3 saturated heterocycles. The Kier molecular flexibility index (Phi) is 7.39. The summed E-state index contributed by atoms with van der Waals surface area (Å²) in [4.78, 5) is 46.3. The highest BCUT2D eigenvalue weighted by molar-refractivity contribution is 7.89. The number of hydrogen-bond donors (Lipinski definition) is 1. The topological polar surface area (TPSA) is 137 Å². The number of benzene rings is 2. The quantitative estimate of drug-likeness (QED) is 0.289. The van der Waals surface area contributed by atoms with Crippen LogP contribution in [0.25, 0.3) is 5.76 Å². The van der Waals surface area contributed by atoms with Crippen LogP contribution in [0.15, 0.2) is 59.0 Å².